The lowest BCUT2D eigenvalue weighted by Gasteiger charge is -2.17. The first-order valence-corrected chi connectivity index (χ1v) is 9.47. The Morgan fingerprint density at radius 1 is 1.33 bits per heavy atom. The topological polar surface area (TPSA) is 118 Å². The summed E-state index contributed by atoms with van der Waals surface area (Å²) in [4.78, 5) is 31.9. The standard InChI is InChI=1S/C21H21N5O4/c1-12-18(13(2)26-9-8-22-20(29)19(12)26)16-6-7-23-21(25-16)24-14-4-3-5-15(10-14)30-11-17(27)28/h3-7,10H,8-9,11H2,1-2H3,(H,22,29)(H,27,28)(H,23,24,25). The molecule has 0 unspecified atom stereocenters. The van der Waals surface area contributed by atoms with E-state index >= 15 is 0 Å². The fourth-order valence-electron chi connectivity index (χ4n) is 3.71. The normalized spacial score (nSPS) is 12.8. The van der Waals surface area contributed by atoms with Crippen molar-refractivity contribution in [2.24, 2.45) is 0 Å². The van der Waals surface area contributed by atoms with Gasteiger partial charge in [0, 0.05) is 42.3 Å². The molecule has 0 saturated heterocycles. The summed E-state index contributed by atoms with van der Waals surface area (Å²) < 4.78 is 7.24. The van der Waals surface area contributed by atoms with E-state index in [4.69, 9.17) is 9.84 Å². The highest BCUT2D eigenvalue weighted by Crippen LogP contribution is 2.32. The molecule has 2 aromatic heterocycles. The molecule has 0 saturated carbocycles. The second-order valence-corrected chi connectivity index (χ2v) is 6.94. The van der Waals surface area contributed by atoms with Crippen LogP contribution in [-0.4, -0.2) is 44.7 Å². The van der Waals surface area contributed by atoms with Crippen LogP contribution in [-0.2, 0) is 11.3 Å². The maximum Gasteiger partial charge on any atom is 0.341 e. The van der Waals surface area contributed by atoms with Gasteiger partial charge in [-0.1, -0.05) is 6.07 Å². The molecule has 9 heteroatoms. The van der Waals surface area contributed by atoms with Crippen LogP contribution in [0.1, 0.15) is 21.7 Å². The predicted molar refractivity (Wildman–Crippen MR) is 110 cm³/mol. The van der Waals surface area contributed by atoms with Gasteiger partial charge in [0.05, 0.1) is 5.69 Å². The summed E-state index contributed by atoms with van der Waals surface area (Å²) in [6.07, 6.45) is 1.66. The molecule has 3 N–H and O–H groups in total. The van der Waals surface area contributed by atoms with Gasteiger partial charge in [-0.2, -0.15) is 0 Å². The summed E-state index contributed by atoms with van der Waals surface area (Å²) in [5.74, 6) is -0.301. The van der Waals surface area contributed by atoms with Gasteiger partial charge < -0.3 is 25.0 Å². The molecule has 0 radical (unpaired) electrons. The predicted octanol–water partition coefficient (Wildman–Crippen LogP) is 2.51. The number of ether oxygens (including phenoxy) is 1. The number of carboxylic acids is 1. The fourth-order valence-corrected chi connectivity index (χ4v) is 3.71. The van der Waals surface area contributed by atoms with E-state index in [0.717, 1.165) is 29.1 Å². The number of amides is 1. The smallest absolute Gasteiger partial charge is 0.341 e. The number of carboxylic acid groups (broad SMARTS) is 1. The van der Waals surface area contributed by atoms with E-state index in [1.807, 2.05) is 30.5 Å². The third-order valence-electron chi connectivity index (χ3n) is 4.97. The molecular formula is C21H21N5O4. The quantitative estimate of drug-likeness (QED) is 0.574. The number of carbonyl (C=O) groups excluding carboxylic acids is 1. The highest BCUT2D eigenvalue weighted by Gasteiger charge is 2.26. The van der Waals surface area contributed by atoms with Crippen molar-refractivity contribution >= 4 is 23.5 Å². The molecule has 30 heavy (non-hydrogen) atoms. The van der Waals surface area contributed by atoms with Crippen LogP contribution < -0.4 is 15.4 Å². The molecule has 0 fully saturated rings. The van der Waals surface area contributed by atoms with Crippen molar-refractivity contribution in [2.45, 2.75) is 20.4 Å². The largest absolute Gasteiger partial charge is 0.482 e. The maximum atomic E-state index is 12.3. The second-order valence-electron chi connectivity index (χ2n) is 6.94. The number of benzene rings is 1. The Labute approximate surface area is 172 Å². The van der Waals surface area contributed by atoms with Crippen LogP contribution in [0.25, 0.3) is 11.3 Å². The lowest BCUT2D eigenvalue weighted by atomic mass is 10.1. The molecule has 0 bridgehead atoms. The van der Waals surface area contributed by atoms with Gasteiger partial charge >= 0.3 is 5.97 Å². The van der Waals surface area contributed by atoms with E-state index < -0.39 is 12.6 Å². The minimum absolute atomic E-state index is 0.0707. The maximum absolute atomic E-state index is 12.3. The molecule has 1 aliphatic rings. The molecule has 1 aliphatic heterocycles. The minimum atomic E-state index is -1.04. The van der Waals surface area contributed by atoms with Gasteiger partial charge in [-0.25, -0.2) is 14.8 Å². The number of carbonyl (C=O) groups is 2. The van der Waals surface area contributed by atoms with Crippen LogP contribution in [0.5, 0.6) is 5.75 Å². The zero-order valence-electron chi connectivity index (χ0n) is 16.6. The first kappa shape index (κ1) is 19.4. The van der Waals surface area contributed by atoms with Crippen LogP contribution in [0.3, 0.4) is 0 Å². The molecule has 1 aromatic carbocycles. The van der Waals surface area contributed by atoms with E-state index in [-0.39, 0.29) is 5.91 Å². The number of hydrogen-bond acceptors (Lipinski definition) is 6. The summed E-state index contributed by atoms with van der Waals surface area (Å²) in [6.45, 7) is 4.84. The molecule has 0 aliphatic carbocycles. The van der Waals surface area contributed by atoms with Crippen LogP contribution in [0, 0.1) is 13.8 Å². The van der Waals surface area contributed by atoms with E-state index in [1.165, 1.54) is 0 Å². The zero-order chi connectivity index (χ0) is 21.3. The van der Waals surface area contributed by atoms with Crippen molar-refractivity contribution in [2.75, 3.05) is 18.5 Å². The Morgan fingerprint density at radius 3 is 2.93 bits per heavy atom. The Morgan fingerprint density at radius 2 is 2.17 bits per heavy atom. The Bertz CT molecular complexity index is 1140. The summed E-state index contributed by atoms with van der Waals surface area (Å²) in [5, 5.41) is 14.8. The Kier molecular flexibility index (Phi) is 5.09. The summed E-state index contributed by atoms with van der Waals surface area (Å²) in [6, 6.07) is 8.72. The molecule has 0 atom stereocenters. The Balaban J connectivity index is 1.63. The number of nitrogens with zero attached hydrogens (tertiary/aromatic N) is 3. The van der Waals surface area contributed by atoms with E-state index in [0.29, 0.717) is 29.6 Å². The third-order valence-corrected chi connectivity index (χ3v) is 4.97. The van der Waals surface area contributed by atoms with Gasteiger partial charge in [-0.3, -0.25) is 4.79 Å². The molecule has 3 aromatic rings. The van der Waals surface area contributed by atoms with Crippen molar-refractivity contribution in [3.63, 3.8) is 0 Å². The van der Waals surface area contributed by atoms with Gasteiger partial charge in [0.15, 0.2) is 6.61 Å². The molecule has 3 heterocycles. The lowest BCUT2D eigenvalue weighted by molar-refractivity contribution is -0.139. The molecule has 0 spiro atoms. The van der Waals surface area contributed by atoms with Gasteiger partial charge in [-0.05, 0) is 37.6 Å². The average Bonchev–Trinajstić information content (AvgIpc) is 2.98. The lowest BCUT2D eigenvalue weighted by Crippen LogP contribution is -2.35. The highest BCUT2D eigenvalue weighted by molar-refractivity contribution is 5.97. The third kappa shape index (κ3) is 3.69. The number of anilines is 2. The average molecular weight is 407 g/mol. The number of aromatic nitrogens is 3. The second kappa shape index (κ2) is 7.86. The van der Waals surface area contributed by atoms with Crippen LogP contribution in [0.15, 0.2) is 36.5 Å². The van der Waals surface area contributed by atoms with Crippen molar-refractivity contribution in [1.82, 2.24) is 19.9 Å². The van der Waals surface area contributed by atoms with Crippen molar-refractivity contribution in [1.29, 1.82) is 0 Å². The summed E-state index contributed by atoms with van der Waals surface area (Å²) >= 11 is 0. The van der Waals surface area contributed by atoms with Gasteiger partial charge in [0.2, 0.25) is 5.95 Å². The zero-order valence-corrected chi connectivity index (χ0v) is 16.6. The molecule has 154 valence electrons. The number of fused-ring (bicyclic) bond motifs is 1. The Hall–Kier alpha value is -3.88. The molecule has 9 nitrogen and oxygen atoms in total. The monoisotopic (exact) mass is 407 g/mol. The van der Waals surface area contributed by atoms with Crippen LogP contribution in [0.2, 0.25) is 0 Å². The van der Waals surface area contributed by atoms with E-state index in [2.05, 4.69) is 20.6 Å². The molecular weight excluding hydrogens is 386 g/mol. The van der Waals surface area contributed by atoms with Crippen molar-refractivity contribution in [3.05, 3.63) is 53.5 Å². The highest BCUT2D eigenvalue weighted by atomic mass is 16.5. The first-order chi connectivity index (χ1) is 14.4. The summed E-state index contributed by atoms with van der Waals surface area (Å²) in [7, 11) is 0. The van der Waals surface area contributed by atoms with E-state index in [9.17, 15) is 9.59 Å². The van der Waals surface area contributed by atoms with Gasteiger partial charge in [-0.15, -0.1) is 0 Å². The number of nitrogens with one attached hydrogen (secondary N) is 2. The fraction of sp³-hybridized carbons (Fsp3) is 0.238. The van der Waals surface area contributed by atoms with Crippen molar-refractivity contribution in [3.8, 4) is 17.0 Å². The number of hydrogen-bond donors (Lipinski definition) is 3. The summed E-state index contributed by atoms with van der Waals surface area (Å²) in [5.41, 5.74) is 4.86. The van der Waals surface area contributed by atoms with E-state index in [1.54, 1.807) is 24.4 Å². The minimum Gasteiger partial charge on any atom is -0.482 e. The molecule has 1 amide bonds. The SMILES string of the molecule is Cc1c(-c2ccnc(Nc3cccc(OCC(=O)O)c3)n2)c(C)n2c1C(=O)NCC2. The van der Waals surface area contributed by atoms with Crippen molar-refractivity contribution < 1.29 is 19.4 Å². The van der Waals surface area contributed by atoms with Gasteiger partial charge in [0.1, 0.15) is 11.4 Å². The van der Waals surface area contributed by atoms with Gasteiger partial charge in [0.25, 0.3) is 5.91 Å². The number of rotatable bonds is 6. The molecule has 4 rings (SSSR count). The van der Waals surface area contributed by atoms with Crippen LogP contribution in [0.4, 0.5) is 11.6 Å². The van der Waals surface area contributed by atoms with Crippen LogP contribution >= 0.6 is 0 Å². The number of aliphatic carboxylic acids is 1. The first-order valence-electron chi connectivity index (χ1n) is 9.47.